The quantitative estimate of drug-likeness (QED) is 0.544. The van der Waals surface area contributed by atoms with Crippen molar-refractivity contribution < 1.29 is 19.5 Å². The molecule has 0 saturated heterocycles. The largest absolute Gasteiger partial charge is 0.481 e. The van der Waals surface area contributed by atoms with E-state index in [1.54, 1.807) is 0 Å². The van der Waals surface area contributed by atoms with Crippen molar-refractivity contribution in [3.63, 3.8) is 0 Å². The smallest absolute Gasteiger partial charge is 0.307 e. The van der Waals surface area contributed by atoms with Crippen LogP contribution in [0.1, 0.15) is 12.8 Å². The second-order valence-corrected chi connectivity index (χ2v) is 3.50. The molecule has 6 heteroatoms. The molecule has 0 radical (unpaired) electrons. The first-order valence-electron chi connectivity index (χ1n) is 4.77. The Balaban J connectivity index is 2.16. The molecule has 0 aromatic carbocycles. The first kappa shape index (κ1) is 11.5. The van der Waals surface area contributed by atoms with E-state index in [-0.39, 0.29) is 24.8 Å². The predicted molar refractivity (Wildman–Crippen MR) is 50.9 cm³/mol. The highest BCUT2D eigenvalue weighted by molar-refractivity contribution is 5.89. The van der Waals surface area contributed by atoms with E-state index < -0.39 is 17.8 Å². The highest BCUT2D eigenvalue weighted by Crippen LogP contribution is 2.38. The van der Waals surface area contributed by atoms with Crippen LogP contribution in [0.3, 0.4) is 0 Å². The molecule has 6 nitrogen and oxygen atoms in total. The van der Waals surface area contributed by atoms with Gasteiger partial charge in [-0.15, -0.1) is 0 Å². The SMILES string of the molecule is CNC(=O)CCNC(=O)[C@@H]1C[C@@H]1C(=O)O. The molecule has 84 valence electrons. The summed E-state index contributed by atoms with van der Waals surface area (Å²) in [4.78, 5) is 32.5. The van der Waals surface area contributed by atoms with Crippen LogP contribution in [0.15, 0.2) is 0 Å². The molecule has 1 fully saturated rings. The van der Waals surface area contributed by atoms with Crippen molar-refractivity contribution in [3.05, 3.63) is 0 Å². The maximum absolute atomic E-state index is 11.3. The standard InChI is InChI=1S/C9H14N2O4/c1-10-7(12)2-3-11-8(13)5-4-6(5)9(14)15/h5-6H,2-4H2,1H3,(H,10,12)(H,11,13)(H,14,15)/t5-,6+/m1/s1. The zero-order valence-corrected chi connectivity index (χ0v) is 8.45. The minimum absolute atomic E-state index is 0.152. The lowest BCUT2D eigenvalue weighted by Crippen LogP contribution is -2.30. The molecule has 0 spiro atoms. The summed E-state index contributed by atoms with van der Waals surface area (Å²) >= 11 is 0. The van der Waals surface area contributed by atoms with Crippen LogP contribution in [-0.4, -0.2) is 36.5 Å². The summed E-state index contributed by atoms with van der Waals surface area (Å²) < 4.78 is 0. The number of carboxylic acids is 1. The van der Waals surface area contributed by atoms with Gasteiger partial charge in [-0.3, -0.25) is 14.4 Å². The third-order valence-electron chi connectivity index (χ3n) is 2.37. The summed E-state index contributed by atoms with van der Waals surface area (Å²) in [5, 5.41) is 13.5. The number of nitrogens with one attached hydrogen (secondary N) is 2. The molecule has 0 bridgehead atoms. The van der Waals surface area contributed by atoms with Crippen molar-refractivity contribution in [2.45, 2.75) is 12.8 Å². The van der Waals surface area contributed by atoms with Crippen LogP contribution in [-0.2, 0) is 14.4 Å². The fourth-order valence-corrected chi connectivity index (χ4v) is 1.31. The maximum atomic E-state index is 11.3. The fourth-order valence-electron chi connectivity index (χ4n) is 1.31. The molecule has 2 amide bonds. The van der Waals surface area contributed by atoms with Crippen LogP contribution < -0.4 is 10.6 Å². The molecule has 0 aromatic heterocycles. The topological polar surface area (TPSA) is 95.5 Å². The summed E-state index contributed by atoms with van der Waals surface area (Å²) in [5.74, 6) is -2.30. The van der Waals surface area contributed by atoms with E-state index in [4.69, 9.17) is 5.11 Å². The molecule has 2 atom stereocenters. The number of aliphatic carboxylic acids is 1. The van der Waals surface area contributed by atoms with E-state index in [1.165, 1.54) is 7.05 Å². The van der Waals surface area contributed by atoms with Crippen LogP contribution in [0.25, 0.3) is 0 Å². The summed E-state index contributed by atoms with van der Waals surface area (Å²) in [7, 11) is 1.52. The van der Waals surface area contributed by atoms with E-state index in [9.17, 15) is 14.4 Å². The third kappa shape index (κ3) is 3.23. The minimum Gasteiger partial charge on any atom is -0.481 e. The average molecular weight is 214 g/mol. The van der Waals surface area contributed by atoms with Gasteiger partial charge in [-0.2, -0.15) is 0 Å². The van der Waals surface area contributed by atoms with Crippen LogP contribution in [0.4, 0.5) is 0 Å². The van der Waals surface area contributed by atoms with Gasteiger partial charge in [0, 0.05) is 20.0 Å². The first-order chi connectivity index (χ1) is 7.06. The van der Waals surface area contributed by atoms with Crippen LogP contribution >= 0.6 is 0 Å². The Hall–Kier alpha value is -1.59. The number of hydrogen-bond acceptors (Lipinski definition) is 3. The molecule has 0 unspecified atom stereocenters. The Morgan fingerprint density at radius 1 is 1.33 bits per heavy atom. The molecular formula is C9H14N2O4. The van der Waals surface area contributed by atoms with Gasteiger partial charge in [0.2, 0.25) is 11.8 Å². The molecule has 3 N–H and O–H groups in total. The summed E-state index contributed by atoms with van der Waals surface area (Å²) in [6, 6.07) is 0. The van der Waals surface area contributed by atoms with Crippen molar-refractivity contribution in [2.24, 2.45) is 11.8 Å². The van der Waals surface area contributed by atoms with Gasteiger partial charge in [-0.1, -0.05) is 0 Å². The van der Waals surface area contributed by atoms with Gasteiger partial charge in [-0.05, 0) is 6.42 Å². The monoisotopic (exact) mass is 214 g/mol. The van der Waals surface area contributed by atoms with Gasteiger partial charge in [0.15, 0.2) is 0 Å². The third-order valence-corrected chi connectivity index (χ3v) is 2.37. The Morgan fingerprint density at radius 2 is 2.00 bits per heavy atom. The van der Waals surface area contributed by atoms with E-state index in [0.29, 0.717) is 6.42 Å². The zero-order chi connectivity index (χ0) is 11.4. The van der Waals surface area contributed by atoms with E-state index in [0.717, 1.165) is 0 Å². The Morgan fingerprint density at radius 3 is 2.47 bits per heavy atom. The molecule has 1 aliphatic rings. The molecule has 1 saturated carbocycles. The first-order valence-corrected chi connectivity index (χ1v) is 4.77. The van der Waals surface area contributed by atoms with Crippen molar-refractivity contribution in [1.29, 1.82) is 0 Å². The second kappa shape index (κ2) is 4.77. The van der Waals surface area contributed by atoms with Crippen LogP contribution in [0, 0.1) is 11.8 Å². The molecule has 0 aliphatic heterocycles. The second-order valence-electron chi connectivity index (χ2n) is 3.50. The average Bonchev–Trinajstić information content (AvgIpc) is 2.96. The van der Waals surface area contributed by atoms with E-state index in [1.807, 2.05) is 0 Å². The summed E-state index contributed by atoms with van der Waals surface area (Å²) in [6.07, 6.45) is 0.619. The summed E-state index contributed by atoms with van der Waals surface area (Å²) in [5.41, 5.74) is 0. The Labute approximate surface area is 87.0 Å². The molecule has 15 heavy (non-hydrogen) atoms. The fraction of sp³-hybridized carbons (Fsp3) is 0.667. The van der Waals surface area contributed by atoms with Crippen LogP contribution in [0.2, 0.25) is 0 Å². The number of carbonyl (C=O) groups excluding carboxylic acids is 2. The lowest BCUT2D eigenvalue weighted by Gasteiger charge is -2.03. The molecule has 1 rings (SSSR count). The van der Waals surface area contributed by atoms with Gasteiger partial charge >= 0.3 is 5.97 Å². The molecule has 0 aromatic rings. The molecule has 0 heterocycles. The number of carboxylic acid groups (broad SMARTS) is 1. The van der Waals surface area contributed by atoms with Gasteiger partial charge < -0.3 is 15.7 Å². The molecular weight excluding hydrogens is 200 g/mol. The molecule has 1 aliphatic carbocycles. The zero-order valence-electron chi connectivity index (χ0n) is 8.45. The van der Waals surface area contributed by atoms with E-state index in [2.05, 4.69) is 10.6 Å². The van der Waals surface area contributed by atoms with E-state index >= 15 is 0 Å². The number of amides is 2. The van der Waals surface area contributed by atoms with Crippen molar-refractivity contribution in [3.8, 4) is 0 Å². The van der Waals surface area contributed by atoms with Crippen molar-refractivity contribution in [1.82, 2.24) is 10.6 Å². The minimum atomic E-state index is -0.929. The predicted octanol–water partition coefficient (Wildman–Crippen LogP) is -1.04. The lowest BCUT2D eigenvalue weighted by molar-refractivity contribution is -0.140. The number of hydrogen-bond donors (Lipinski definition) is 3. The highest BCUT2D eigenvalue weighted by atomic mass is 16.4. The van der Waals surface area contributed by atoms with Crippen molar-refractivity contribution >= 4 is 17.8 Å². The van der Waals surface area contributed by atoms with Gasteiger partial charge in [-0.25, -0.2) is 0 Å². The summed E-state index contributed by atoms with van der Waals surface area (Å²) in [6.45, 7) is 0.251. The van der Waals surface area contributed by atoms with Crippen LogP contribution in [0.5, 0.6) is 0 Å². The van der Waals surface area contributed by atoms with Crippen molar-refractivity contribution in [2.75, 3.05) is 13.6 Å². The normalized spacial score (nSPS) is 23.0. The number of rotatable bonds is 5. The van der Waals surface area contributed by atoms with Gasteiger partial charge in [0.1, 0.15) is 0 Å². The van der Waals surface area contributed by atoms with Gasteiger partial charge in [0.05, 0.1) is 11.8 Å². The maximum Gasteiger partial charge on any atom is 0.307 e. The van der Waals surface area contributed by atoms with Gasteiger partial charge in [0.25, 0.3) is 0 Å². The highest BCUT2D eigenvalue weighted by Gasteiger charge is 2.48. The Bertz CT molecular complexity index is 290. The number of carbonyl (C=O) groups is 3. The lowest BCUT2D eigenvalue weighted by atomic mass is 10.3. The Kier molecular flexibility index (Phi) is 3.65.